The Morgan fingerprint density at radius 2 is 1.74 bits per heavy atom. The van der Waals surface area contributed by atoms with Gasteiger partial charge >= 0.3 is 0 Å². The molecule has 10 nitrogen and oxygen atoms in total. The molecule has 0 aliphatic heterocycles. The fraction of sp³-hybridized carbons (Fsp3) is 0.310. The van der Waals surface area contributed by atoms with Crippen LogP contribution >= 0.6 is 0 Å². The van der Waals surface area contributed by atoms with Gasteiger partial charge in [-0.2, -0.15) is 4.80 Å². The first-order valence-electron chi connectivity index (χ1n) is 13.1. The van der Waals surface area contributed by atoms with Gasteiger partial charge in [0.2, 0.25) is 11.7 Å². The summed E-state index contributed by atoms with van der Waals surface area (Å²) in [5, 5.41) is 15.8. The number of methoxy groups -OCH3 is 1. The molecule has 39 heavy (non-hydrogen) atoms. The van der Waals surface area contributed by atoms with E-state index >= 15 is 0 Å². The average Bonchev–Trinajstić information content (AvgIpc) is 3.45. The van der Waals surface area contributed by atoms with Crippen LogP contribution in [0.4, 0.5) is 5.69 Å². The van der Waals surface area contributed by atoms with E-state index in [-0.39, 0.29) is 24.4 Å². The van der Waals surface area contributed by atoms with Crippen molar-refractivity contribution in [1.82, 2.24) is 30.5 Å². The van der Waals surface area contributed by atoms with Crippen LogP contribution in [0.5, 0.6) is 5.75 Å². The molecule has 5 rings (SSSR count). The third-order valence-electron chi connectivity index (χ3n) is 6.81. The molecule has 1 fully saturated rings. The standard InChI is InChI=1S/C29H31N7O3/c1-39-24-17-15-23(16-18-24)36(26(37)20-35-33-28(32-34-35)21-10-4-2-5-11-21)27(25-14-8-9-19-30-25)29(38)31-22-12-6-3-7-13-22/h2,4-5,8-11,14-19,22,27H,3,6-7,12-13,20H2,1H3,(H,31,38). The second kappa shape index (κ2) is 12.3. The molecule has 2 aromatic carbocycles. The first kappa shape index (κ1) is 26.0. The maximum absolute atomic E-state index is 14.0. The predicted octanol–water partition coefficient (Wildman–Crippen LogP) is 3.97. The van der Waals surface area contributed by atoms with Gasteiger partial charge in [-0.15, -0.1) is 10.2 Å². The van der Waals surface area contributed by atoms with Crippen molar-refractivity contribution in [2.24, 2.45) is 0 Å². The highest BCUT2D eigenvalue weighted by atomic mass is 16.5. The van der Waals surface area contributed by atoms with Crippen LogP contribution in [0.3, 0.4) is 0 Å². The number of hydrogen-bond acceptors (Lipinski definition) is 7. The van der Waals surface area contributed by atoms with Crippen molar-refractivity contribution in [3.05, 3.63) is 84.7 Å². The Balaban J connectivity index is 1.49. The van der Waals surface area contributed by atoms with Crippen molar-refractivity contribution in [3.8, 4) is 17.1 Å². The summed E-state index contributed by atoms with van der Waals surface area (Å²) in [4.78, 5) is 35.0. The molecule has 1 unspecified atom stereocenters. The third-order valence-corrected chi connectivity index (χ3v) is 6.81. The van der Waals surface area contributed by atoms with E-state index in [1.807, 2.05) is 36.4 Å². The number of tetrazole rings is 1. The van der Waals surface area contributed by atoms with Gasteiger partial charge in [0.05, 0.1) is 12.8 Å². The number of hydrogen-bond donors (Lipinski definition) is 1. The number of rotatable bonds is 9. The molecule has 1 atom stereocenters. The van der Waals surface area contributed by atoms with Gasteiger partial charge in [-0.1, -0.05) is 55.7 Å². The summed E-state index contributed by atoms with van der Waals surface area (Å²) < 4.78 is 5.32. The SMILES string of the molecule is COc1ccc(N(C(=O)Cn2nnc(-c3ccccc3)n2)C(C(=O)NC2CCCCC2)c2ccccn2)cc1. The number of nitrogens with one attached hydrogen (secondary N) is 1. The molecule has 2 aromatic heterocycles. The molecule has 0 spiro atoms. The lowest BCUT2D eigenvalue weighted by molar-refractivity contribution is -0.127. The molecule has 0 radical (unpaired) electrons. The number of ether oxygens (including phenoxy) is 1. The third kappa shape index (κ3) is 6.28. The molecule has 1 N–H and O–H groups in total. The van der Waals surface area contributed by atoms with E-state index in [9.17, 15) is 9.59 Å². The number of aromatic nitrogens is 5. The van der Waals surface area contributed by atoms with Crippen molar-refractivity contribution < 1.29 is 14.3 Å². The summed E-state index contributed by atoms with van der Waals surface area (Å²) >= 11 is 0. The number of nitrogens with zero attached hydrogens (tertiary/aromatic N) is 6. The van der Waals surface area contributed by atoms with Gasteiger partial charge in [0, 0.05) is 23.5 Å². The van der Waals surface area contributed by atoms with Gasteiger partial charge in [-0.3, -0.25) is 19.5 Å². The summed E-state index contributed by atoms with van der Waals surface area (Å²) in [5.74, 6) is 0.390. The number of benzene rings is 2. The molecule has 2 amide bonds. The summed E-state index contributed by atoms with van der Waals surface area (Å²) in [6.07, 6.45) is 6.77. The van der Waals surface area contributed by atoms with Crippen LogP contribution in [0.1, 0.15) is 43.8 Å². The first-order valence-corrected chi connectivity index (χ1v) is 13.1. The lowest BCUT2D eigenvalue weighted by Gasteiger charge is -2.32. The second-order valence-electron chi connectivity index (χ2n) is 9.47. The lowest BCUT2D eigenvalue weighted by atomic mass is 9.95. The topological polar surface area (TPSA) is 115 Å². The van der Waals surface area contributed by atoms with Crippen molar-refractivity contribution in [2.45, 2.75) is 50.7 Å². The average molecular weight is 526 g/mol. The molecular weight excluding hydrogens is 494 g/mol. The maximum atomic E-state index is 14.0. The van der Waals surface area contributed by atoms with E-state index in [4.69, 9.17) is 4.74 Å². The van der Waals surface area contributed by atoms with Crippen LogP contribution in [0.15, 0.2) is 79.0 Å². The molecule has 200 valence electrons. The number of carbonyl (C=O) groups excluding carboxylic acids is 2. The number of pyridine rings is 1. The van der Waals surface area contributed by atoms with E-state index in [1.165, 1.54) is 16.1 Å². The summed E-state index contributed by atoms with van der Waals surface area (Å²) in [6.45, 7) is -0.216. The zero-order valence-corrected chi connectivity index (χ0v) is 21.8. The zero-order chi connectivity index (χ0) is 27.0. The minimum Gasteiger partial charge on any atom is -0.497 e. The lowest BCUT2D eigenvalue weighted by Crippen LogP contribution is -2.48. The normalized spacial score (nSPS) is 14.4. The van der Waals surface area contributed by atoms with Gasteiger partial charge in [0.15, 0.2) is 6.04 Å². The van der Waals surface area contributed by atoms with E-state index < -0.39 is 6.04 Å². The molecule has 0 bridgehead atoms. The molecule has 2 heterocycles. The van der Waals surface area contributed by atoms with E-state index in [0.717, 1.165) is 31.2 Å². The van der Waals surface area contributed by atoms with Crippen LogP contribution in [0.25, 0.3) is 11.4 Å². The molecule has 4 aromatic rings. The number of amides is 2. The highest BCUT2D eigenvalue weighted by Crippen LogP contribution is 2.30. The Morgan fingerprint density at radius 3 is 2.44 bits per heavy atom. The number of carbonyl (C=O) groups is 2. The van der Waals surface area contributed by atoms with Crippen LogP contribution in [-0.2, 0) is 16.1 Å². The van der Waals surface area contributed by atoms with Crippen LogP contribution in [0.2, 0.25) is 0 Å². The Kier molecular flexibility index (Phi) is 8.20. The highest BCUT2D eigenvalue weighted by Gasteiger charge is 2.35. The molecule has 1 saturated carbocycles. The van der Waals surface area contributed by atoms with Crippen molar-refractivity contribution in [1.29, 1.82) is 0 Å². The van der Waals surface area contributed by atoms with E-state index in [1.54, 1.807) is 49.7 Å². The summed E-state index contributed by atoms with van der Waals surface area (Å²) in [7, 11) is 1.58. The summed E-state index contributed by atoms with van der Waals surface area (Å²) in [5.41, 5.74) is 1.78. The predicted molar refractivity (Wildman–Crippen MR) is 146 cm³/mol. The fourth-order valence-corrected chi connectivity index (χ4v) is 4.84. The van der Waals surface area contributed by atoms with Crippen LogP contribution in [0, 0.1) is 0 Å². The minimum atomic E-state index is -0.994. The molecular formula is C29H31N7O3. The van der Waals surface area contributed by atoms with Gasteiger partial charge in [0.1, 0.15) is 12.3 Å². The summed E-state index contributed by atoms with van der Waals surface area (Å²) in [6, 6.07) is 20.9. The monoisotopic (exact) mass is 525 g/mol. The highest BCUT2D eigenvalue weighted by molar-refractivity contribution is 6.01. The number of anilines is 1. The smallest absolute Gasteiger partial charge is 0.251 e. The Labute approximate surface area is 227 Å². The van der Waals surface area contributed by atoms with Crippen LogP contribution < -0.4 is 15.0 Å². The maximum Gasteiger partial charge on any atom is 0.251 e. The molecule has 1 aliphatic rings. The van der Waals surface area contributed by atoms with Crippen molar-refractivity contribution in [3.63, 3.8) is 0 Å². The first-order chi connectivity index (χ1) is 19.1. The van der Waals surface area contributed by atoms with Crippen LogP contribution in [-0.4, -0.2) is 50.2 Å². The van der Waals surface area contributed by atoms with Crippen molar-refractivity contribution >= 4 is 17.5 Å². The Morgan fingerprint density at radius 1 is 1.00 bits per heavy atom. The molecule has 1 aliphatic carbocycles. The van der Waals surface area contributed by atoms with Gasteiger partial charge in [-0.05, 0) is 54.5 Å². The zero-order valence-electron chi connectivity index (χ0n) is 21.8. The van der Waals surface area contributed by atoms with Gasteiger partial charge in [0.25, 0.3) is 5.91 Å². The largest absolute Gasteiger partial charge is 0.497 e. The molecule has 0 saturated heterocycles. The van der Waals surface area contributed by atoms with Crippen molar-refractivity contribution in [2.75, 3.05) is 12.0 Å². The molecule has 10 heteroatoms. The second-order valence-corrected chi connectivity index (χ2v) is 9.47. The minimum absolute atomic E-state index is 0.0655. The Bertz CT molecular complexity index is 1370. The van der Waals surface area contributed by atoms with E-state index in [2.05, 4.69) is 25.7 Å². The van der Waals surface area contributed by atoms with Gasteiger partial charge in [-0.25, -0.2) is 0 Å². The Hall–Kier alpha value is -4.60. The van der Waals surface area contributed by atoms with E-state index in [0.29, 0.717) is 23.0 Å². The quantitative estimate of drug-likeness (QED) is 0.352. The van der Waals surface area contributed by atoms with Gasteiger partial charge < -0.3 is 10.1 Å². The fourth-order valence-electron chi connectivity index (χ4n) is 4.84.